The average Bonchev–Trinajstić information content (AvgIpc) is 2.46. The minimum atomic E-state index is -0.774. The third-order valence-electron chi connectivity index (χ3n) is 2.45. The van der Waals surface area contributed by atoms with Gasteiger partial charge in [-0.25, -0.2) is 15.2 Å². The molecule has 1 amide bonds. The predicted molar refractivity (Wildman–Crippen MR) is 71.7 cm³/mol. The van der Waals surface area contributed by atoms with Crippen molar-refractivity contribution < 1.29 is 18.7 Å². The largest absolute Gasteiger partial charge is 0.382 e. The Hall–Kier alpha value is -1.77. The van der Waals surface area contributed by atoms with Crippen molar-refractivity contribution >= 4 is 11.7 Å². The van der Waals surface area contributed by atoms with Gasteiger partial charge in [-0.1, -0.05) is 0 Å². The molecule has 4 N–H and O–H groups in total. The standard InChI is InChI=1S/C12H19FN4O3/c1-19-7-8-20-6-2-4-16-12(18)9-3-5-15-11(17-14)10(9)13/h3,5H,2,4,6-8,14H2,1H3,(H,15,17)(H,16,18). The Kier molecular flexibility index (Phi) is 7.48. The molecular weight excluding hydrogens is 267 g/mol. The molecular formula is C12H19FN4O3. The molecule has 1 rings (SSSR count). The van der Waals surface area contributed by atoms with Crippen LogP contribution in [-0.2, 0) is 9.47 Å². The molecule has 1 aromatic heterocycles. The highest BCUT2D eigenvalue weighted by Crippen LogP contribution is 2.13. The number of methoxy groups -OCH3 is 1. The first-order valence-corrected chi connectivity index (χ1v) is 6.16. The number of nitrogens with two attached hydrogens (primary N) is 1. The van der Waals surface area contributed by atoms with Gasteiger partial charge in [0, 0.05) is 26.5 Å². The van der Waals surface area contributed by atoms with E-state index < -0.39 is 11.7 Å². The van der Waals surface area contributed by atoms with Gasteiger partial charge in [0.05, 0.1) is 18.8 Å². The number of carbonyl (C=O) groups excluding carboxylic acids is 1. The second-order valence-electron chi connectivity index (χ2n) is 3.88. The lowest BCUT2D eigenvalue weighted by atomic mass is 10.2. The zero-order chi connectivity index (χ0) is 14.8. The van der Waals surface area contributed by atoms with E-state index in [4.69, 9.17) is 15.3 Å². The molecule has 0 radical (unpaired) electrons. The number of hydrogen-bond acceptors (Lipinski definition) is 6. The van der Waals surface area contributed by atoms with E-state index in [2.05, 4.69) is 15.7 Å². The fourth-order valence-electron chi connectivity index (χ4n) is 1.44. The van der Waals surface area contributed by atoms with Crippen LogP contribution in [0.5, 0.6) is 0 Å². The molecule has 0 spiro atoms. The minimum absolute atomic E-state index is 0.103. The zero-order valence-corrected chi connectivity index (χ0v) is 11.3. The van der Waals surface area contributed by atoms with Crippen molar-refractivity contribution in [2.75, 3.05) is 38.9 Å². The highest BCUT2D eigenvalue weighted by molar-refractivity contribution is 5.95. The van der Waals surface area contributed by atoms with E-state index in [1.54, 1.807) is 7.11 Å². The van der Waals surface area contributed by atoms with E-state index in [1.807, 2.05) is 0 Å². The van der Waals surface area contributed by atoms with Crippen LogP contribution >= 0.6 is 0 Å². The molecule has 0 unspecified atom stereocenters. The van der Waals surface area contributed by atoms with Crippen molar-refractivity contribution in [1.29, 1.82) is 0 Å². The van der Waals surface area contributed by atoms with Crippen LogP contribution in [0.2, 0.25) is 0 Å². The number of aromatic nitrogens is 1. The average molecular weight is 286 g/mol. The normalized spacial score (nSPS) is 10.3. The van der Waals surface area contributed by atoms with Gasteiger partial charge in [-0.3, -0.25) is 4.79 Å². The van der Waals surface area contributed by atoms with Crippen LogP contribution < -0.4 is 16.6 Å². The first-order valence-electron chi connectivity index (χ1n) is 6.16. The van der Waals surface area contributed by atoms with Crippen LogP contribution in [0.4, 0.5) is 10.2 Å². The van der Waals surface area contributed by atoms with Gasteiger partial charge in [-0.15, -0.1) is 0 Å². The van der Waals surface area contributed by atoms with Gasteiger partial charge in [0.1, 0.15) is 0 Å². The van der Waals surface area contributed by atoms with E-state index in [1.165, 1.54) is 12.3 Å². The lowest BCUT2D eigenvalue weighted by molar-refractivity contribution is 0.0688. The monoisotopic (exact) mass is 286 g/mol. The maximum atomic E-state index is 13.7. The molecule has 0 atom stereocenters. The first kappa shape index (κ1) is 16.3. The third kappa shape index (κ3) is 5.08. The van der Waals surface area contributed by atoms with Gasteiger partial charge in [0.15, 0.2) is 11.6 Å². The molecule has 8 heteroatoms. The Morgan fingerprint density at radius 3 is 2.95 bits per heavy atom. The van der Waals surface area contributed by atoms with Gasteiger partial charge >= 0.3 is 0 Å². The van der Waals surface area contributed by atoms with Crippen molar-refractivity contribution in [1.82, 2.24) is 10.3 Å². The number of halogens is 1. The maximum Gasteiger partial charge on any atom is 0.254 e. The molecule has 112 valence electrons. The summed E-state index contributed by atoms with van der Waals surface area (Å²) < 4.78 is 23.8. The van der Waals surface area contributed by atoms with Gasteiger partial charge in [0.25, 0.3) is 5.91 Å². The molecule has 7 nitrogen and oxygen atoms in total. The van der Waals surface area contributed by atoms with E-state index in [0.29, 0.717) is 32.8 Å². The highest BCUT2D eigenvalue weighted by atomic mass is 19.1. The number of pyridine rings is 1. The summed E-state index contributed by atoms with van der Waals surface area (Å²) in [5, 5.41) is 2.60. The van der Waals surface area contributed by atoms with Crippen molar-refractivity contribution in [2.45, 2.75) is 6.42 Å². The fourth-order valence-corrected chi connectivity index (χ4v) is 1.44. The van der Waals surface area contributed by atoms with Crippen LogP contribution in [0.1, 0.15) is 16.8 Å². The summed E-state index contributed by atoms with van der Waals surface area (Å²) in [5.74, 6) is 3.63. The molecule has 1 aromatic rings. The number of ether oxygens (including phenoxy) is 2. The van der Waals surface area contributed by atoms with Crippen molar-refractivity contribution in [3.05, 3.63) is 23.6 Å². The summed E-state index contributed by atoms with van der Waals surface area (Å²) in [6.07, 6.45) is 1.94. The number of nitrogens with zero attached hydrogens (tertiary/aromatic N) is 1. The molecule has 0 fully saturated rings. The molecule has 0 saturated carbocycles. The van der Waals surface area contributed by atoms with Gasteiger partial charge < -0.3 is 20.2 Å². The second-order valence-corrected chi connectivity index (χ2v) is 3.88. The molecule has 0 saturated heterocycles. The van der Waals surface area contributed by atoms with E-state index in [0.717, 1.165) is 0 Å². The predicted octanol–water partition coefficient (Wildman–Crippen LogP) is 0.289. The number of carbonyl (C=O) groups is 1. The van der Waals surface area contributed by atoms with Crippen LogP contribution in [0.3, 0.4) is 0 Å². The molecule has 20 heavy (non-hydrogen) atoms. The third-order valence-corrected chi connectivity index (χ3v) is 2.45. The van der Waals surface area contributed by atoms with Crippen LogP contribution in [-0.4, -0.2) is 44.4 Å². The highest BCUT2D eigenvalue weighted by Gasteiger charge is 2.14. The maximum absolute atomic E-state index is 13.7. The van der Waals surface area contributed by atoms with Gasteiger partial charge in [0.2, 0.25) is 0 Å². The zero-order valence-electron chi connectivity index (χ0n) is 11.3. The van der Waals surface area contributed by atoms with Crippen LogP contribution in [0, 0.1) is 5.82 Å². The Morgan fingerprint density at radius 2 is 2.25 bits per heavy atom. The van der Waals surface area contributed by atoms with Gasteiger partial charge in [-0.2, -0.15) is 0 Å². The summed E-state index contributed by atoms with van der Waals surface area (Å²) in [4.78, 5) is 15.4. The molecule has 1 heterocycles. The summed E-state index contributed by atoms with van der Waals surface area (Å²) >= 11 is 0. The summed E-state index contributed by atoms with van der Waals surface area (Å²) in [6, 6.07) is 1.29. The Balaban J connectivity index is 2.33. The Morgan fingerprint density at radius 1 is 1.45 bits per heavy atom. The van der Waals surface area contributed by atoms with Crippen molar-refractivity contribution in [3.8, 4) is 0 Å². The number of rotatable bonds is 9. The number of hydrogen-bond donors (Lipinski definition) is 3. The fraction of sp³-hybridized carbons (Fsp3) is 0.500. The summed E-state index contributed by atoms with van der Waals surface area (Å²) in [5.41, 5.74) is 1.99. The van der Waals surface area contributed by atoms with Crippen molar-refractivity contribution in [2.24, 2.45) is 5.84 Å². The second kappa shape index (κ2) is 9.18. The number of amides is 1. The number of nitrogens with one attached hydrogen (secondary N) is 2. The van der Waals surface area contributed by atoms with Crippen LogP contribution in [0.15, 0.2) is 12.3 Å². The molecule has 0 aliphatic heterocycles. The van der Waals surface area contributed by atoms with E-state index in [9.17, 15) is 9.18 Å². The summed E-state index contributed by atoms with van der Waals surface area (Å²) in [6.45, 7) is 1.93. The number of hydrazine groups is 1. The summed E-state index contributed by atoms with van der Waals surface area (Å²) in [7, 11) is 1.59. The Labute approximate surface area is 116 Å². The Bertz CT molecular complexity index is 431. The van der Waals surface area contributed by atoms with E-state index >= 15 is 0 Å². The quantitative estimate of drug-likeness (QED) is 0.343. The molecule has 0 aliphatic carbocycles. The van der Waals surface area contributed by atoms with Crippen molar-refractivity contribution in [3.63, 3.8) is 0 Å². The molecule has 0 aliphatic rings. The topological polar surface area (TPSA) is 98.5 Å². The molecule has 0 bridgehead atoms. The van der Waals surface area contributed by atoms with Gasteiger partial charge in [-0.05, 0) is 12.5 Å². The van der Waals surface area contributed by atoms with E-state index in [-0.39, 0.29) is 11.4 Å². The smallest absolute Gasteiger partial charge is 0.254 e. The molecule has 0 aromatic carbocycles. The lowest BCUT2D eigenvalue weighted by Gasteiger charge is -2.08. The number of nitrogen functional groups attached to an aromatic ring is 1. The SMILES string of the molecule is COCCOCCCNC(=O)c1ccnc(NN)c1F. The van der Waals surface area contributed by atoms with Crippen LogP contribution in [0.25, 0.3) is 0 Å². The first-order chi connectivity index (χ1) is 9.70. The minimum Gasteiger partial charge on any atom is -0.382 e. The number of anilines is 1. The lowest BCUT2D eigenvalue weighted by Crippen LogP contribution is -2.27.